The predicted molar refractivity (Wildman–Crippen MR) is 104 cm³/mol. The van der Waals surface area contributed by atoms with Crippen molar-refractivity contribution < 1.29 is 29.6 Å². The number of benzene rings is 1. The lowest BCUT2D eigenvalue weighted by molar-refractivity contribution is -0.132. The molecule has 1 aromatic rings. The van der Waals surface area contributed by atoms with Crippen LogP contribution < -0.4 is 4.74 Å². The molecular formula is C22H28O6. The predicted octanol–water partition coefficient (Wildman–Crippen LogP) is 4.62. The van der Waals surface area contributed by atoms with Crippen LogP contribution in [0, 0.1) is 5.41 Å². The second-order valence-corrected chi connectivity index (χ2v) is 9.06. The highest BCUT2D eigenvalue weighted by molar-refractivity contribution is 6.14. The van der Waals surface area contributed by atoms with E-state index in [9.17, 15) is 24.9 Å². The highest BCUT2D eigenvalue weighted by Crippen LogP contribution is 2.61. The number of carbonyl (C=O) groups is 2. The first-order valence-corrected chi connectivity index (χ1v) is 9.64. The van der Waals surface area contributed by atoms with Gasteiger partial charge in [-0.05, 0) is 29.7 Å². The molecule has 0 aromatic heterocycles. The molecule has 1 aromatic carbocycles. The molecule has 0 aliphatic heterocycles. The number of ketones is 1. The fourth-order valence-corrected chi connectivity index (χ4v) is 5.20. The first-order valence-electron chi connectivity index (χ1n) is 9.64. The van der Waals surface area contributed by atoms with Crippen LogP contribution in [-0.4, -0.2) is 27.1 Å². The number of aliphatic hydroxyl groups excluding tert-OH is 1. The maximum absolute atomic E-state index is 13.2. The molecule has 6 heteroatoms. The van der Waals surface area contributed by atoms with Gasteiger partial charge in [0, 0.05) is 23.5 Å². The molecule has 0 unspecified atom stereocenters. The van der Waals surface area contributed by atoms with E-state index in [0.717, 1.165) is 12.8 Å². The molecule has 2 aliphatic rings. The minimum Gasteiger partial charge on any atom is -0.507 e. The van der Waals surface area contributed by atoms with Gasteiger partial charge in [0.25, 0.3) is 0 Å². The van der Waals surface area contributed by atoms with Gasteiger partial charge in [-0.1, -0.05) is 41.0 Å². The molecule has 28 heavy (non-hydrogen) atoms. The molecule has 3 N–H and O–H groups in total. The van der Waals surface area contributed by atoms with E-state index in [1.54, 1.807) is 13.8 Å². The number of hydrogen-bond acceptors (Lipinski definition) is 6. The number of fused-ring (bicyclic) bond motifs is 3. The third kappa shape index (κ3) is 2.61. The van der Waals surface area contributed by atoms with Gasteiger partial charge in [0.05, 0.1) is 5.56 Å². The molecule has 0 spiro atoms. The second kappa shape index (κ2) is 6.26. The molecule has 152 valence electrons. The Morgan fingerprint density at radius 3 is 2.21 bits per heavy atom. The van der Waals surface area contributed by atoms with Crippen molar-refractivity contribution in [2.75, 3.05) is 0 Å². The van der Waals surface area contributed by atoms with E-state index < -0.39 is 22.6 Å². The molecule has 3 rings (SSSR count). The number of ether oxygens (including phenoxy) is 1. The van der Waals surface area contributed by atoms with E-state index in [2.05, 4.69) is 0 Å². The van der Waals surface area contributed by atoms with Crippen LogP contribution >= 0.6 is 0 Å². The van der Waals surface area contributed by atoms with Crippen LogP contribution in [0.4, 0.5) is 0 Å². The Balaban J connectivity index is 2.50. The van der Waals surface area contributed by atoms with Crippen LogP contribution in [0.2, 0.25) is 0 Å². The molecule has 0 saturated heterocycles. The van der Waals surface area contributed by atoms with E-state index >= 15 is 0 Å². The molecule has 0 amide bonds. The lowest BCUT2D eigenvalue weighted by Gasteiger charge is -2.49. The van der Waals surface area contributed by atoms with Crippen molar-refractivity contribution in [2.24, 2.45) is 5.41 Å². The first kappa shape index (κ1) is 20.2. The largest absolute Gasteiger partial charge is 0.507 e. The lowest BCUT2D eigenvalue weighted by Crippen LogP contribution is -2.44. The Morgan fingerprint density at radius 1 is 1.07 bits per heavy atom. The summed E-state index contributed by atoms with van der Waals surface area (Å²) in [7, 11) is 0. The molecule has 1 saturated carbocycles. The zero-order chi connectivity index (χ0) is 21.2. The summed E-state index contributed by atoms with van der Waals surface area (Å²) in [5.41, 5.74) is -0.428. The van der Waals surface area contributed by atoms with Crippen LogP contribution in [0.5, 0.6) is 17.2 Å². The van der Waals surface area contributed by atoms with E-state index in [4.69, 9.17) is 4.74 Å². The smallest absolute Gasteiger partial charge is 0.308 e. The first-order chi connectivity index (χ1) is 12.8. The number of aromatic hydroxyl groups is 2. The van der Waals surface area contributed by atoms with Gasteiger partial charge in [-0.2, -0.15) is 0 Å². The third-order valence-corrected chi connectivity index (χ3v) is 6.20. The van der Waals surface area contributed by atoms with Crippen molar-refractivity contribution >= 4 is 11.8 Å². The summed E-state index contributed by atoms with van der Waals surface area (Å²) in [6, 6.07) is 0. The van der Waals surface area contributed by atoms with E-state index in [-0.39, 0.29) is 45.6 Å². The van der Waals surface area contributed by atoms with Gasteiger partial charge >= 0.3 is 5.97 Å². The molecule has 1 fully saturated rings. The van der Waals surface area contributed by atoms with Gasteiger partial charge in [0.1, 0.15) is 5.75 Å². The van der Waals surface area contributed by atoms with Gasteiger partial charge in [-0.3, -0.25) is 9.59 Å². The summed E-state index contributed by atoms with van der Waals surface area (Å²) in [5, 5.41) is 32.7. The van der Waals surface area contributed by atoms with Crippen molar-refractivity contribution in [3.8, 4) is 17.2 Å². The summed E-state index contributed by atoms with van der Waals surface area (Å²) >= 11 is 0. The topological polar surface area (TPSA) is 104 Å². The summed E-state index contributed by atoms with van der Waals surface area (Å²) in [5.74, 6) is -2.82. The standard InChI is InChI=1S/C22H28O6/c1-10(2)12-15(24)13-14(19(17(12)26)28-11(3)23)22(6)9-7-8-21(4,5)20(22)18(27)16(13)25/h10,24,26-27H,7-9H2,1-6H3/t22-/m1/s1. The molecule has 2 aliphatic carbocycles. The summed E-state index contributed by atoms with van der Waals surface area (Å²) in [4.78, 5) is 25.0. The number of carbonyl (C=O) groups excluding carboxylic acids is 2. The van der Waals surface area contributed by atoms with E-state index in [1.165, 1.54) is 6.92 Å². The quantitative estimate of drug-likeness (QED) is 0.504. The van der Waals surface area contributed by atoms with Crippen molar-refractivity contribution in [1.29, 1.82) is 0 Å². The van der Waals surface area contributed by atoms with Crippen LogP contribution in [-0.2, 0) is 10.2 Å². The molecule has 0 bridgehead atoms. The fraction of sp³-hybridized carbons (Fsp3) is 0.545. The van der Waals surface area contributed by atoms with Gasteiger partial charge in [0.2, 0.25) is 5.78 Å². The van der Waals surface area contributed by atoms with Crippen molar-refractivity contribution in [3.05, 3.63) is 28.0 Å². The molecule has 1 atom stereocenters. The van der Waals surface area contributed by atoms with Gasteiger partial charge in [-0.15, -0.1) is 0 Å². The Kier molecular flexibility index (Phi) is 4.52. The van der Waals surface area contributed by atoms with Gasteiger partial charge in [0.15, 0.2) is 17.3 Å². The number of phenolic OH excluding ortho intramolecular Hbond substituents is 2. The molecule has 0 radical (unpaired) electrons. The van der Waals surface area contributed by atoms with E-state index in [0.29, 0.717) is 12.0 Å². The van der Waals surface area contributed by atoms with Crippen LogP contribution in [0.15, 0.2) is 11.3 Å². The SMILES string of the molecule is CC(=O)Oc1c(O)c(C(C)C)c(O)c2c1[C@@]1(C)CCCC(C)(C)C1=C(O)C2=O. The Bertz CT molecular complexity index is 922. The average molecular weight is 388 g/mol. The van der Waals surface area contributed by atoms with Gasteiger partial charge < -0.3 is 20.1 Å². The zero-order valence-electron chi connectivity index (χ0n) is 17.3. The number of rotatable bonds is 2. The number of esters is 1. The average Bonchev–Trinajstić information content (AvgIpc) is 2.53. The summed E-state index contributed by atoms with van der Waals surface area (Å²) < 4.78 is 5.40. The number of aliphatic hydroxyl groups is 1. The van der Waals surface area contributed by atoms with Crippen molar-refractivity contribution in [1.82, 2.24) is 0 Å². The number of phenols is 2. The molecular weight excluding hydrogens is 360 g/mol. The Morgan fingerprint density at radius 2 is 1.68 bits per heavy atom. The number of Topliss-reactive ketones (excluding diaryl/α,β-unsaturated/α-hetero) is 1. The number of hydrogen-bond donors (Lipinski definition) is 3. The highest BCUT2D eigenvalue weighted by atomic mass is 16.5. The highest BCUT2D eigenvalue weighted by Gasteiger charge is 2.53. The Hall–Kier alpha value is -2.50. The normalized spacial score (nSPS) is 23.5. The van der Waals surface area contributed by atoms with Crippen molar-refractivity contribution in [2.45, 2.75) is 72.1 Å². The Labute approximate surface area is 164 Å². The van der Waals surface area contributed by atoms with Crippen LogP contribution in [0.3, 0.4) is 0 Å². The minimum absolute atomic E-state index is 0.0841. The van der Waals surface area contributed by atoms with Crippen LogP contribution in [0.25, 0.3) is 0 Å². The minimum atomic E-state index is -0.857. The summed E-state index contributed by atoms with van der Waals surface area (Å²) in [6.07, 6.45) is 2.20. The van der Waals surface area contributed by atoms with Crippen molar-refractivity contribution in [3.63, 3.8) is 0 Å². The second-order valence-electron chi connectivity index (χ2n) is 9.06. The van der Waals surface area contributed by atoms with Gasteiger partial charge in [-0.25, -0.2) is 0 Å². The lowest BCUT2D eigenvalue weighted by atomic mass is 9.54. The maximum Gasteiger partial charge on any atom is 0.308 e. The summed E-state index contributed by atoms with van der Waals surface area (Å²) in [6.45, 7) is 10.5. The third-order valence-electron chi connectivity index (χ3n) is 6.20. The maximum atomic E-state index is 13.2. The molecule has 0 heterocycles. The number of allylic oxidation sites excluding steroid dienone is 2. The monoisotopic (exact) mass is 388 g/mol. The van der Waals surface area contributed by atoms with Crippen LogP contribution in [0.1, 0.15) is 88.2 Å². The molecule has 6 nitrogen and oxygen atoms in total. The van der Waals surface area contributed by atoms with E-state index in [1.807, 2.05) is 20.8 Å². The zero-order valence-corrected chi connectivity index (χ0v) is 17.3. The fourth-order valence-electron chi connectivity index (χ4n) is 5.20.